The lowest BCUT2D eigenvalue weighted by Gasteiger charge is -2.30. The Balaban J connectivity index is 0.00000239. The Morgan fingerprint density at radius 3 is 2.34 bits per heavy atom. The quantitative estimate of drug-likeness (QED) is 0.139. The van der Waals surface area contributed by atoms with Crippen LogP contribution in [-0.2, 0) is 6.42 Å². The number of pyridine rings is 1. The molecule has 0 N–H and O–H groups in total. The van der Waals surface area contributed by atoms with Gasteiger partial charge in [-0.2, -0.15) is 15.2 Å². The number of rotatable bonds is 5. The van der Waals surface area contributed by atoms with Gasteiger partial charge in [-0.3, -0.25) is 4.98 Å². The van der Waals surface area contributed by atoms with Gasteiger partial charge in [-0.15, -0.1) is 18.8 Å². The first-order valence-corrected chi connectivity index (χ1v) is 16.3. The fraction of sp³-hybridized carbons (Fsp3) is 0.140. The van der Waals surface area contributed by atoms with Crippen molar-refractivity contribution in [3.05, 3.63) is 150 Å². The van der Waals surface area contributed by atoms with Crippen LogP contribution < -0.4 is 9.80 Å². The smallest absolute Gasteiger partial charge is 0.234 e. The zero-order valence-corrected chi connectivity index (χ0v) is 28.2. The summed E-state index contributed by atoms with van der Waals surface area (Å²) in [6, 6.07) is 32.3. The molecule has 50 heavy (non-hydrogen) atoms. The molecule has 3 aromatic carbocycles. The third-order valence-corrected chi connectivity index (χ3v) is 8.08. The molecule has 0 saturated carbocycles. The molecule has 0 amide bonds. The van der Waals surface area contributed by atoms with Crippen LogP contribution in [0.4, 0.5) is 17.3 Å². The summed E-state index contributed by atoms with van der Waals surface area (Å²) in [5.41, 5.74) is 7.67. The lowest BCUT2D eigenvalue weighted by Crippen LogP contribution is -2.26. The standard InChI is InChI=1S/C41H35N7.C2H2/c1-3-4-6-22-37-31(2)24-27-48(38-23-10-9-16-33(38)17-11-12-26-47(37)36-20-7-5-8-21-36)41-45-39(34-18-13-15-32(28-34)29-42)44-40(46-41)35-19-14-25-43-30-35;1-2/h5-16,18-23,25,28,30H,17,24,26-27H2,1-2H3;1-2H/b12-11-,22-6-,37-31-;. The molecule has 0 fully saturated rings. The lowest BCUT2D eigenvalue weighted by molar-refractivity contribution is 0.839. The molecule has 6 rings (SSSR count). The van der Waals surface area contributed by atoms with Crippen molar-refractivity contribution in [2.45, 2.75) is 26.7 Å². The molecule has 7 heteroatoms. The minimum atomic E-state index is 0.490. The number of allylic oxidation sites excluding steroid dienone is 3. The molecule has 0 unspecified atom stereocenters. The lowest BCUT2D eigenvalue weighted by atomic mass is 10.0. The summed E-state index contributed by atoms with van der Waals surface area (Å²) in [4.78, 5) is 23.8. The molecule has 5 aromatic rings. The maximum Gasteiger partial charge on any atom is 0.234 e. The highest BCUT2D eigenvalue weighted by Gasteiger charge is 2.21. The van der Waals surface area contributed by atoms with Gasteiger partial charge in [0.05, 0.1) is 11.6 Å². The second-order valence-electron chi connectivity index (χ2n) is 11.3. The molecule has 2 aromatic heterocycles. The van der Waals surface area contributed by atoms with E-state index in [-0.39, 0.29) is 0 Å². The van der Waals surface area contributed by atoms with Crippen molar-refractivity contribution in [1.82, 2.24) is 19.9 Å². The molecule has 0 bridgehead atoms. The van der Waals surface area contributed by atoms with E-state index in [4.69, 9.17) is 15.0 Å². The van der Waals surface area contributed by atoms with Crippen LogP contribution in [0.2, 0.25) is 0 Å². The SMILES string of the molecule is C#C.CC#C/C=C\C1=C(/C)CCN(c2nc(-c3cccnc3)nc(-c3cccc(C#N)c3)n2)c2ccccc2C/C=C\CN1c1ccccc1. The van der Waals surface area contributed by atoms with Gasteiger partial charge in [-0.1, -0.05) is 66.6 Å². The number of fused-ring (bicyclic) bond motifs is 1. The number of benzene rings is 3. The summed E-state index contributed by atoms with van der Waals surface area (Å²) in [6.45, 7) is 5.36. The molecule has 1 aliphatic heterocycles. The summed E-state index contributed by atoms with van der Waals surface area (Å²) in [6.07, 6.45) is 21.4. The molecule has 7 nitrogen and oxygen atoms in total. The van der Waals surface area contributed by atoms with E-state index in [1.807, 2.05) is 49.4 Å². The maximum absolute atomic E-state index is 9.62. The number of aromatic nitrogens is 4. The Hall–Kier alpha value is -6.75. The first-order chi connectivity index (χ1) is 24.6. The molecular weight excluding hydrogens is 615 g/mol. The van der Waals surface area contributed by atoms with Crippen molar-refractivity contribution in [2.75, 3.05) is 22.9 Å². The molecule has 0 aliphatic carbocycles. The number of terminal acetylenes is 1. The summed E-state index contributed by atoms with van der Waals surface area (Å²) in [7, 11) is 0. The van der Waals surface area contributed by atoms with Crippen LogP contribution >= 0.6 is 0 Å². The highest BCUT2D eigenvalue weighted by Crippen LogP contribution is 2.32. The van der Waals surface area contributed by atoms with E-state index in [1.165, 1.54) is 5.57 Å². The summed E-state index contributed by atoms with van der Waals surface area (Å²) >= 11 is 0. The van der Waals surface area contributed by atoms with E-state index in [9.17, 15) is 5.26 Å². The number of para-hydroxylation sites is 2. The van der Waals surface area contributed by atoms with Crippen LogP contribution in [0.5, 0.6) is 0 Å². The van der Waals surface area contributed by atoms with Crippen LogP contribution in [-0.4, -0.2) is 33.0 Å². The molecule has 0 spiro atoms. The summed E-state index contributed by atoms with van der Waals surface area (Å²) in [5, 5.41) is 9.62. The van der Waals surface area contributed by atoms with E-state index < -0.39 is 0 Å². The largest absolute Gasteiger partial charge is 0.338 e. The fourth-order valence-electron chi connectivity index (χ4n) is 5.66. The Morgan fingerprint density at radius 1 is 0.820 bits per heavy atom. The van der Waals surface area contributed by atoms with E-state index in [0.717, 1.165) is 53.1 Å². The zero-order chi connectivity index (χ0) is 35.1. The van der Waals surface area contributed by atoms with Crippen molar-refractivity contribution >= 4 is 17.3 Å². The molecule has 244 valence electrons. The number of hydrogen-bond donors (Lipinski definition) is 0. The molecule has 0 saturated heterocycles. The van der Waals surface area contributed by atoms with Gasteiger partial charge in [0.25, 0.3) is 0 Å². The molecule has 0 atom stereocenters. The third-order valence-electron chi connectivity index (χ3n) is 8.08. The molecule has 1 aliphatic rings. The maximum atomic E-state index is 9.62. The fourth-order valence-corrected chi connectivity index (χ4v) is 5.66. The third kappa shape index (κ3) is 8.39. The number of anilines is 3. The average molecular weight is 652 g/mol. The number of nitrogens with zero attached hydrogens (tertiary/aromatic N) is 7. The predicted molar refractivity (Wildman–Crippen MR) is 203 cm³/mol. The van der Waals surface area contributed by atoms with Gasteiger partial charge in [0.2, 0.25) is 5.95 Å². The van der Waals surface area contributed by atoms with Crippen molar-refractivity contribution in [3.63, 3.8) is 0 Å². The van der Waals surface area contributed by atoms with E-state index in [0.29, 0.717) is 29.7 Å². The number of nitriles is 1. The van der Waals surface area contributed by atoms with Gasteiger partial charge < -0.3 is 9.80 Å². The van der Waals surface area contributed by atoms with Crippen molar-refractivity contribution in [3.8, 4) is 53.5 Å². The average Bonchev–Trinajstić information content (AvgIpc) is 3.18. The van der Waals surface area contributed by atoms with Gasteiger partial charge in [0.15, 0.2) is 11.6 Å². The van der Waals surface area contributed by atoms with Crippen LogP contribution in [0.25, 0.3) is 22.8 Å². The molecular formula is C43H37N7. The Kier molecular flexibility index (Phi) is 12.0. The highest BCUT2D eigenvalue weighted by molar-refractivity contribution is 5.68. The minimum absolute atomic E-state index is 0.490. The Morgan fingerprint density at radius 2 is 1.58 bits per heavy atom. The van der Waals surface area contributed by atoms with E-state index >= 15 is 0 Å². The monoisotopic (exact) mass is 651 g/mol. The predicted octanol–water partition coefficient (Wildman–Crippen LogP) is 8.72. The normalized spacial score (nSPS) is 15.2. The van der Waals surface area contributed by atoms with Crippen molar-refractivity contribution < 1.29 is 0 Å². The summed E-state index contributed by atoms with van der Waals surface area (Å²) < 4.78 is 0. The van der Waals surface area contributed by atoms with Crippen LogP contribution in [0.3, 0.4) is 0 Å². The highest BCUT2D eigenvalue weighted by atomic mass is 15.3. The second kappa shape index (κ2) is 17.4. The van der Waals surface area contributed by atoms with Gasteiger partial charge in [-0.05, 0) is 92.4 Å². The van der Waals surface area contributed by atoms with E-state index in [2.05, 4.69) is 119 Å². The summed E-state index contributed by atoms with van der Waals surface area (Å²) in [5.74, 6) is 7.61. The van der Waals surface area contributed by atoms with Crippen LogP contribution in [0.1, 0.15) is 31.4 Å². The topological polar surface area (TPSA) is 81.8 Å². The second-order valence-corrected chi connectivity index (χ2v) is 11.3. The van der Waals surface area contributed by atoms with E-state index in [1.54, 1.807) is 18.5 Å². The van der Waals surface area contributed by atoms with Crippen LogP contribution in [0.15, 0.2) is 139 Å². The first-order valence-electron chi connectivity index (χ1n) is 16.3. The molecule has 0 radical (unpaired) electrons. The van der Waals surface area contributed by atoms with Crippen LogP contribution in [0, 0.1) is 36.0 Å². The van der Waals surface area contributed by atoms with Gasteiger partial charge >= 0.3 is 0 Å². The van der Waals surface area contributed by atoms with Gasteiger partial charge in [0, 0.05) is 53.7 Å². The van der Waals surface area contributed by atoms with Gasteiger partial charge in [0.1, 0.15) is 0 Å². The number of hydrogen-bond acceptors (Lipinski definition) is 7. The molecule has 3 heterocycles. The Labute approximate surface area is 295 Å². The zero-order valence-electron chi connectivity index (χ0n) is 28.2. The van der Waals surface area contributed by atoms with Crippen molar-refractivity contribution in [2.24, 2.45) is 0 Å². The van der Waals surface area contributed by atoms with Crippen molar-refractivity contribution in [1.29, 1.82) is 5.26 Å². The first kappa shape index (κ1) is 34.6. The van der Waals surface area contributed by atoms with Gasteiger partial charge in [-0.25, -0.2) is 4.98 Å². The Bertz CT molecular complexity index is 2130. The minimum Gasteiger partial charge on any atom is -0.338 e.